The molecule has 0 saturated heterocycles. The molecule has 3 N–H and O–H groups in total. The van der Waals surface area contributed by atoms with Gasteiger partial charge in [0.05, 0.1) is 11.6 Å². The number of aryl methyl sites for hydroxylation is 1. The molecule has 0 saturated carbocycles. The Morgan fingerprint density at radius 1 is 1.25 bits per heavy atom. The number of benzene rings is 2. The summed E-state index contributed by atoms with van der Waals surface area (Å²) < 4.78 is 0. The summed E-state index contributed by atoms with van der Waals surface area (Å²) in [6, 6.07) is 12.8. The van der Waals surface area contributed by atoms with Crippen molar-refractivity contribution >= 4 is 23.2 Å². The molecule has 0 heterocycles. The van der Waals surface area contributed by atoms with Crippen molar-refractivity contribution in [3.63, 3.8) is 0 Å². The van der Waals surface area contributed by atoms with Crippen molar-refractivity contribution in [2.75, 3.05) is 5.73 Å². The van der Waals surface area contributed by atoms with E-state index in [1.54, 1.807) is 18.2 Å². The van der Waals surface area contributed by atoms with Gasteiger partial charge in [-0.25, -0.2) is 0 Å². The number of halogens is 1. The maximum atomic E-state index is 12.2. The minimum absolute atomic E-state index is 0.0857. The second kappa shape index (κ2) is 5.97. The zero-order chi connectivity index (χ0) is 14.7. The number of nitrogens with one attached hydrogen (secondary N) is 1. The van der Waals surface area contributed by atoms with Crippen molar-refractivity contribution in [2.45, 2.75) is 19.9 Å². The van der Waals surface area contributed by atoms with Crippen LogP contribution in [0.3, 0.4) is 0 Å². The number of hydrogen-bond acceptors (Lipinski definition) is 2. The predicted molar refractivity (Wildman–Crippen MR) is 82.9 cm³/mol. The lowest BCUT2D eigenvalue weighted by atomic mass is 10.1. The molecule has 0 aliphatic carbocycles. The first kappa shape index (κ1) is 14.4. The average Bonchev–Trinajstić information content (AvgIpc) is 2.38. The van der Waals surface area contributed by atoms with E-state index in [9.17, 15) is 4.79 Å². The number of hydrogen-bond donors (Lipinski definition) is 2. The van der Waals surface area contributed by atoms with E-state index in [1.165, 1.54) is 0 Å². The number of carbonyl (C=O) groups excluding carboxylic acids is 1. The Balaban J connectivity index is 2.15. The molecule has 0 aliphatic heterocycles. The van der Waals surface area contributed by atoms with E-state index < -0.39 is 0 Å². The molecule has 3 nitrogen and oxygen atoms in total. The second-order valence-electron chi connectivity index (χ2n) is 4.84. The van der Waals surface area contributed by atoms with E-state index in [1.807, 2.05) is 32.0 Å². The van der Waals surface area contributed by atoms with Crippen LogP contribution in [0.2, 0.25) is 5.02 Å². The van der Waals surface area contributed by atoms with Crippen molar-refractivity contribution in [1.29, 1.82) is 0 Å². The van der Waals surface area contributed by atoms with Gasteiger partial charge in [-0.2, -0.15) is 0 Å². The largest absolute Gasteiger partial charge is 0.398 e. The fourth-order valence-corrected chi connectivity index (χ4v) is 2.22. The molecule has 1 atom stereocenters. The fourth-order valence-electron chi connectivity index (χ4n) is 2.04. The van der Waals surface area contributed by atoms with Crippen LogP contribution in [-0.4, -0.2) is 5.91 Å². The first-order chi connectivity index (χ1) is 9.47. The second-order valence-corrected chi connectivity index (χ2v) is 5.28. The first-order valence-corrected chi connectivity index (χ1v) is 6.77. The molecular formula is C16H17ClN2O. The Morgan fingerprint density at radius 2 is 2.00 bits per heavy atom. The minimum Gasteiger partial charge on any atom is -0.398 e. The van der Waals surface area contributed by atoms with Gasteiger partial charge in [-0.15, -0.1) is 0 Å². The van der Waals surface area contributed by atoms with Gasteiger partial charge in [-0.3, -0.25) is 4.79 Å². The quantitative estimate of drug-likeness (QED) is 0.846. The lowest BCUT2D eigenvalue weighted by Crippen LogP contribution is -2.27. The molecule has 4 heteroatoms. The maximum Gasteiger partial charge on any atom is 0.253 e. The van der Waals surface area contributed by atoms with Crippen molar-refractivity contribution in [1.82, 2.24) is 5.32 Å². The van der Waals surface area contributed by atoms with Gasteiger partial charge >= 0.3 is 0 Å². The summed E-state index contributed by atoms with van der Waals surface area (Å²) in [5, 5.41) is 3.46. The number of rotatable bonds is 3. The molecule has 1 amide bonds. The fraction of sp³-hybridized carbons (Fsp3) is 0.188. The third-order valence-corrected chi connectivity index (χ3v) is 3.38. The van der Waals surface area contributed by atoms with Crippen molar-refractivity contribution in [3.05, 3.63) is 64.2 Å². The summed E-state index contributed by atoms with van der Waals surface area (Å²) in [6.45, 7) is 3.97. The molecule has 0 bridgehead atoms. The number of amides is 1. The molecule has 2 aromatic rings. The summed E-state index contributed by atoms with van der Waals surface area (Å²) in [6.07, 6.45) is 0. The average molecular weight is 289 g/mol. The number of nitrogens with two attached hydrogens (primary N) is 1. The number of carbonyl (C=O) groups is 1. The van der Waals surface area contributed by atoms with E-state index in [4.69, 9.17) is 17.3 Å². The molecule has 20 heavy (non-hydrogen) atoms. The van der Waals surface area contributed by atoms with Crippen molar-refractivity contribution < 1.29 is 4.79 Å². The standard InChI is InChI=1S/C16H17ClN2O/c1-10-4-3-5-12(8-10)11(2)19-16(20)14-7-6-13(17)9-15(14)18/h3-9,11H,18H2,1-2H3,(H,19,20)/t11-/m1/s1. The zero-order valence-corrected chi connectivity index (χ0v) is 12.2. The summed E-state index contributed by atoms with van der Waals surface area (Å²) >= 11 is 5.83. The van der Waals surface area contributed by atoms with Crippen molar-refractivity contribution in [3.8, 4) is 0 Å². The Labute approximate surface area is 123 Å². The topological polar surface area (TPSA) is 55.1 Å². The summed E-state index contributed by atoms with van der Waals surface area (Å²) in [5.74, 6) is -0.201. The van der Waals surface area contributed by atoms with Crippen LogP contribution >= 0.6 is 11.6 Å². The van der Waals surface area contributed by atoms with Gasteiger partial charge in [0.2, 0.25) is 0 Å². The van der Waals surface area contributed by atoms with E-state index in [0.29, 0.717) is 16.3 Å². The summed E-state index contributed by atoms with van der Waals surface area (Å²) in [5.41, 5.74) is 8.86. The van der Waals surface area contributed by atoms with E-state index in [2.05, 4.69) is 11.4 Å². The first-order valence-electron chi connectivity index (χ1n) is 6.40. The third kappa shape index (κ3) is 3.31. The van der Waals surface area contributed by atoms with E-state index in [0.717, 1.165) is 11.1 Å². The lowest BCUT2D eigenvalue weighted by Gasteiger charge is -2.15. The monoisotopic (exact) mass is 288 g/mol. The van der Waals surface area contributed by atoms with Crippen molar-refractivity contribution in [2.24, 2.45) is 0 Å². The molecular weight excluding hydrogens is 272 g/mol. The van der Waals surface area contributed by atoms with Crippen LogP contribution in [-0.2, 0) is 0 Å². The van der Waals surface area contributed by atoms with Crippen LogP contribution in [0, 0.1) is 6.92 Å². The summed E-state index contributed by atoms with van der Waals surface area (Å²) in [7, 11) is 0. The molecule has 2 aromatic carbocycles. The maximum absolute atomic E-state index is 12.2. The SMILES string of the molecule is Cc1cccc([C@@H](C)NC(=O)c2ccc(Cl)cc2N)c1. The van der Waals surface area contributed by atoms with Crippen LogP contribution in [0.25, 0.3) is 0 Å². The Kier molecular flexibility index (Phi) is 4.30. The molecule has 0 radical (unpaired) electrons. The molecule has 0 aliphatic rings. The predicted octanol–water partition coefficient (Wildman–Crippen LogP) is 3.72. The van der Waals surface area contributed by atoms with Gasteiger partial charge in [-0.1, -0.05) is 41.4 Å². The minimum atomic E-state index is -0.201. The molecule has 2 rings (SSSR count). The lowest BCUT2D eigenvalue weighted by molar-refractivity contribution is 0.0941. The highest BCUT2D eigenvalue weighted by Crippen LogP contribution is 2.20. The highest BCUT2D eigenvalue weighted by molar-refractivity contribution is 6.31. The molecule has 0 fully saturated rings. The molecule has 0 spiro atoms. The number of anilines is 1. The summed E-state index contributed by atoms with van der Waals surface area (Å²) in [4.78, 5) is 12.2. The van der Waals surface area contributed by atoms with Gasteiger partial charge in [-0.05, 0) is 37.6 Å². The Morgan fingerprint density at radius 3 is 2.65 bits per heavy atom. The van der Waals surface area contributed by atoms with Gasteiger partial charge in [0, 0.05) is 10.7 Å². The van der Waals surface area contributed by atoms with Crippen LogP contribution in [0.4, 0.5) is 5.69 Å². The van der Waals surface area contributed by atoms with Crippen LogP contribution < -0.4 is 11.1 Å². The Hall–Kier alpha value is -2.00. The van der Waals surface area contributed by atoms with E-state index in [-0.39, 0.29) is 11.9 Å². The van der Waals surface area contributed by atoms with E-state index >= 15 is 0 Å². The zero-order valence-electron chi connectivity index (χ0n) is 11.5. The van der Waals surface area contributed by atoms with Crippen LogP contribution in [0.5, 0.6) is 0 Å². The molecule has 104 valence electrons. The Bertz CT molecular complexity index is 640. The van der Waals surface area contributed by atoms with Gasteiger partial charge in [0.25, 0.3) is 5.91 Å². The van der Waals surface area contributed by atoms with Gasteiger partial charge in [0.1, 0.15) is 0 Å². The number of nitrogen functional groups attached to an aromatic ring is 1. The van der Waals surface area contributed by atoms with Crippen LogP contribution in [0.1, 0.15) is 34.5 Å². The highest BCUT2D eigenvalue weighted by Gasteiger charge is 2.14. The molecule has 0 aromatic heterocycles. The van der Waals surface area contributed by atoms with Crippen LogP contribution in [0.15, 0.2) is 42.5 Å². The highest BCUT2D eigenvalue weighted by atomic mass is 35.5. The normalized spacial score (nSPS) is 11.9. The molecule has 0 unspecified atom stereocenters. The van der Waals surface area contributed by atoms with Gasteiger partial charge < -0.3 is 11.1 Å². The smallest absolute Gasteiger partial charge is 0.253 e. The third-order valence-electron chi connectivity index (χ3n) is 3.15. The van der Waals surface area contributed by atoms with Gasteiger partial charge in [0.15, 0.2) is 0 Å².